The van der Waals surface area contributed by atoms with Gasteiger partial charge in [0.2, 0.25) is 15.9 Å². The Morgan fingerprint density at radius 1 is 1.00 bits per heavy atom. The average molecular weight is 545 g/mol. The van der Waals surface area contributed by atoms with E-state index in [1.165, 1.54) is 21.1 Å². The number of nitrogens with zero attached hydrogens (tertiary/aromatic N) is 4. The van der Waals surface area contributed by atoms with Crippen LogP contribution in [0.5, 0.6) is 0 Å². The second-order valence-electron chi connectivity index (χ2n) is 10.5. The smallest absolute Gasteiger partial charge is 0.341 e. The van der Waals surface area contributed by atoms with Gasteiger partial charge in [0, 0.05) is 63.4 Å². The lowest BCUT2D eigenvalue weighted by Crippen LogP contribution is -2.53. The van der Waals surface area contributed by atoms with E-state index in [4.69, 9.17) is 4.74 Å². The number of aryl methyl sites for hydroxylation is 2. The van der Waals surface area contributed by atoms with E-state index in [1.807, 2.05) is 4.90 Å². The molecule has 208 valence electrons. The van der Waals surface area contributed by atoms with Gasteiger partial charge in [-0.25, -0.2) is 13.2 Å². The molecule has 2 fully saturated rings. The first-order chi connectivity index (χ1) is 18.0. The Balaban J connectivity index is 1.49. The van der Waals surface area contributed by atoms with Gasteiger partial charge in [0.15, 0.2) is 0 Å². The fraction of sp³-hybridized carbons (Fsp3) is 0.571. The predicted molar refractivity (Wildman–Crippen MR) is 147 cm³/mol. The van der Waals surface area contributed by atoms with Crippen molar-refractivity contribution < 1.29 is 22.7 Å². The molecule has 0 spiro atoms. The van der Waals surface area contributed by atoms with Crippen molar-refractivity contribution in [2.75, 3.05) is 50.8 Å². The van der Waals surface area contributed by atoms with Crippen molar-refractivity contribution in [3.8, 4) is 0 Å². The topological polar surface area (TPSA) is 92.2 Å². The van der Waals surface area contributed by atoms with Gasteiger partial charge < -0.3 is 19.1 Å². The first kappa shape index (κ1) is 28.2. The number of sulfonamides is 1. The number of hydrogen-bond donors (Lipinski definition) is 0. The molecule has 10 heteroatoms. The maximum Gasteiger partial charge on any atom is 0.341 e. The summed E-state index contributed by atoms with van der Waals surface area (Å²) in [6, 6.07) is 6.42. The number of esters is 1. The van der Waals surface area contributed by atoms with E-state index in [0.29, 0.717) is 43.9 Å². The van der Waals surface area contributed by atoms with Crippen LogP contribution in [0.3, 0.4) is 0 Å². The van der Waals surface area contributed by atoms with Crippen molar-refractivity contribution in [3.63, 3.8) is 0 Å². The molecule has 3 heterocycles. The molecular formula is C28H40N4O5S. The van der Waals surface area contributed by atoms with E-state index < -0.39 is 21.9 Å². The number of piperidine rings is 1. The fourth-order valence-corrected chi connectivity index (χ4v) is 7.66. The quantitative estimate of drug-likeness (QED) is 0.519. The molecule has 4 rings (SSSR count). The Hall–Kier alpha value is -2.85. The molecule has 1 aromatic heterocycles. The number of benzene rings is 1. The minimum Gasteiger partial charge on any atom is -0.462 e. The van der Waals surface area contributed by atoms with E-state index in [2.05, 4.69) is 36.9 Å². The average Bonchev–Trinajstić information content (AvgIpc) is 3.14. The number of amides is 1. The van der Waals surface area contributed by atoms with Crippen LogP contribution in [0.4, 0.5) is 5.69 Å². The predicted octanol–water partition coefficient (Wildman–Crippen LogP) is 3.18. The molecule has 9 nitrogen and oxygen atoms in total. The lowest BCUT2D eigenvalue weighted by atomic mass is 9.97. The summed E-state index contributed by atoms with van der Waals surface area (Å²) in [5, 5.41) is 0. The van der Waals surface area contributed by atoms with Gasteiger partial charge in [-0.15, -0.1) is 0 Å². The fourth-order valence-electron chi connectivity index (χ4n) is 5.65. The van der Waals surface area contributed by atoms with Crippen LogP contribution in [0.2, 0.25) is 0 Å². The molecule has 2 aliphatic heterocycles. The van der Waals surface area contributed by atoms with Crippen molar-refractivity contribution in [3.05, 3.63) is 46.3 Å². The first-order valence-electron chi connectivity index (χ1n) is 13.4. The summed E-state index contributed by atoms with van der Waals surface area (Å²) >= 11 is 0. The molecule has 0 radical (unpaired) electrons. The minimum absolute atomic E-state index is 0.00816. The molecule has 2 aliphatic rings. The molecule has 0 aliphatic carbocycles. The highest BCUT2D eigenvalue weighted by Gasteiger charge is 2.40. The Kier molecular flexibility index (Phi) is 8.23. The SMILES string of the molecule is CCOC(=O)c1c(S(=O)(=O)N2CCC[C@@H](C(=O)N3CCN(c4cc(C)ccc4C)CC3)C2)c(C)n(C)c1C. The van der Waals surface area contributed by atoms with Gasteiger partial charge in [0.1, 0.15) is 10.5 Å². The number of ether oxygens (including phenoxy) is 1. The van der Waals surface area contributed by atoms with Gasteiger partial charge in [-0.05, 0) is 64.7 Å². The summed E-state index contributed by atoms with van der Waals surface area (Å²) in [7, 11) is -2.26. The molecule has 2 saturated heterocycles. The highest BCUT2D eigenvalue weighted by atomic mass is 32.2. The van der Waals surface area contributed by atoms with Gasteiger partial charge in [-0.1, -0.05) is 12.1 Å². The number of rotatable bonds is 6. The summed E-state index contributed by atoms with van der Waals surface area (Å²) in [5.74, 6) is -1.03. The Labute approximate surface area is 226 Å². The summed E-state index contributed by atoms with van der Waals surface area (Å²) in [6.07, 6.45) is 1.25. The van der Waals surface area contributed by atoms with Crippen LogP contribution in [0, 0.1) is 33.6 Å². The van der Waals surface area contributed by atoms with Crippen molar-refractivity contribution in [2.45, 2.75) is 52.4 Å². The lowest BCUT2D eigenvalue weighted by molar-refractivity contribution is -0.137. The van der Waals surface area contributed by atoms with Crippen LogP contribution in [0.25, 0.3) is 0 Å². The Morgan fingerprint density at radius 3 is 2.34 bits per heavy atom. The number of carbonyl (C=O) groups is 2. The van der Waals surface area contributed by atoms with Gasteiger partial charge in [0.05, 0.1) is 12.5 Å². The van der Waals surface area contributed by atoms with Crippen LogP contribution in [0.15, 0.2) is 23.1 Å². The highest BCUT2D eigenvalue weighted by molar-refractivity contribution is 7.89. The molecule has 0 unspecified atom stereocenters. The third-order valence-corrected chi connectivity index (χ3v) is 10.1. The molecule has 0 N–H and O–H groups in total. The molecular weight excluding hydrogens is 504 g/mol. The van der Waals surface area contributed by atoms with Crippen molar-refractivity contribution in [1.82, 2.24) is 13.8 Å². The standard InChI is InChI=1S/C28H40N4O5S/c1-7-37-28(34)25-21(4)29(6)22(5)26(25)38(35,36)32-12-8-9-23(18-32)27(33)31-15-13-30(14-16-31)24-17-19(2)10-11-20(24)3/h10-11,17,23H,7-9,12-16,18H2,1-6H3/t23-/m1/s1. The van der Waals surface area contributed by atoms with Crippen molar-refractivity contribution in [1.29, 1.82) is 0 Å². The van der Waals surface area contributed by atoms with E-state index in [0.717, 1.165) is 13.1 Å². The van der Waals surface area contributed by atoms with Crippen LogP contribution in [0.1, 0.15) is 52.6 Å². The zero-order chi connectivity index (χ0) is 27.8. The van der Waals surface area contributed by atoms with Crippen LogP contribution in [-0.2, 0) is 26.6 Å². The molecule has 38 heavy (non-hydrogen) atoms. The number of anilines is 1. The van der Waals surface area contributed by atoms with Gasteiger partial charge in [-0.2, -0.15) is 4.31 Å². The normalized spacial score (nSPS) is 19.1. The van der Waals surface area contributed by atoms with Gasteiger partial charge in [-0.3, -0.25) is 4.79 Å². The van der Waals surface area contributed by atoms with E-state index in [9.17, 15) is 18.0 Å². The largest absolute Gasteiger partial charge is 0.462 e. The number of piperazine rings is 1. The summed E-state index contributed by atoms with van der Waals surface area (Å²) in [4.78, 5) is 30.5. The zero-order valence-electron chi connectivity index (χ0n) is 23.4. The highest BCUT2D eigenvalue weighted by Crippen LogP contribution is 2.33. The molecule has 1 amide bonds. The Morgan fingerprint density at radius 2 is 1.68 bits per heavy atom. The van der Waals surface area contributed by atoms with Crippen molar-refractivity contribution >= 4 is 27.6 Å². The zero-order valence-corrected chi connectivity index (χ0v) is 24.2. The minimum atomic E-state index is -4.01. The molecule has 0 bridgehead atoms. The summed E-state index contributed by atoms with van der Waals surface area (Å²) in [5.41, 5.74) is 4.76. The van der Waals surface area contributed by atoms with E-state index in [1.54, 1.807) is 32.4 Å². The number of aromatic nitrogens is 1. The van der Waals surface area contributed by atoms with Gasteiger partial charge >= 0.3 is 5.97 Å². The van der Waals surface area contributed by atoms with E-state index >= 15 is 0 Å². The molecule has 2 aromatic rings. The number of carbonyl (C=O) groups excluding carboxylic acids is 2. The van der Waals surface area contributed by atoms with Crippen LogP contribution < -0.4 is 4.90 Å². The van der Waals surface area contributed by atoms with E-state index in [-0.39, 0.29) is 29.5 Å². The van der Waals surface area contributed by atoms with Crippen LogP contribution >= 0.6 is 0 Å². The Bertz CT molecular complexity index is 1330. The summed E-state index contributed by atoms with van der Waals surface area (Å²) < 4.78 is 36.0. The molecule has 1 aromatic carbocycles. The van der Waals surface area contributed by atoms with Crippen LogP contribution in [-0.4, -0.2) is 79.9 Å². The maximum atomic E-state index is 13.9. The number of hydrogen-bond acceptors (Lipinski definition) is 6. The monoisotopic (exact) mass is 544 g/mol. The maximum absolute atomic E-state index is 13.9. The van der Waals surface area contributed by atoms with Crippen molar-refractivity contribution in [2.24, 2.45) is 13.0 Å². The first-order valence-corrected chi connectivity index (χ1v) is 14.9. The lowest BCUT2D eigenvalue weighted by Gasteiger charge is -2.40. The second kappa shape index (κ2) is 11.1. The summed E-state index contributed by atoms with van der Waals surface area (Å²) in [6.45, 7) is 12.6. The van der Waals surface area contributed by atoms with Gasteiger partial charge in [0.25, 0.3) is 0 Å². The molecule has 0 saturated carbocycles. The molecule has 1 atom stereocenters. The third-order valence-electron chi connectivity index (χ3n) is 8.03. The third kappa shape index (κ3) is 5.20. The second-order valence-corrected chi connectivity index (χ2v) is 12.3.